The number of carbonyl (C=O) groups excluding carboxylic acids is 1. The van der Waals surface area contributed by atoms with Crippen molar-refractivity contribution >= 4 is 5.91 Å². The van der Waals surface area contributed by atoms with Crippen LogP contribution in [0.15, 0.2) is 48.5 Å². The second kappa shape index (κ2) is 8.82. The molecule has 2 aromatic rings. The maximum absolute atomic E-state index is 12.2. The van der Waals surface area contributed by atoms with E-state index in [9.17, 15) is 4.79 Å². The Morgan fingerprint density at radius 3 is 2.29 bits per heavy atom. The van der Waals surface area contributed by atoms with Gasteiger partial charge in [-0.3, -0.25) is 4.79 Å². The zero-order chi connectivity index (χ0) is 17.4. The Labute approximate surface area is 142 Å². The summed E-state index contributed by atoms with van der Waals surface area (Å²) in [6, 6.07) is 15.0. The molecule has 0 aliphatic heterocycles. The maximum Gasteiger partial charge on any atom is 0.260 e. The van der Waals surface area contributed by atoms with Crippen molar-refractivity contribution in [1.29, 1.82) is 0 Å². The Morgan fingerprint density at radius 1 is 1.00 bits per heavy atom. The van der Waals surface area contributed by atoms with Crippen LogP contribution < -0.4 is 14.2 Å². The van der Waals surface area contributed by atoms with Crippen molar-refractivity contribution in [2.24, 2.45) is 0 Å². The van der Waals surface area contributed by atoms with E-state index in [1.54, 1.807) is 31.2 Å². The number of hydrogen-bond acceptors (Lipinski definition) is 4. The van der Waals surface area contributed by atoms with Gasteiger partial charge in [0.05, 0.1) is 13.7 Å². The number of likely N-dealkylation sites (N-methyl/N-ethyl adjacent to an activating group) is 1. The van der Waals surface area contributed by atoms with Crippen molar-refractivity contribution < 1.29 is 19.0 Å². The average Bonchev–Trinajstić information content (AvgIpc) is 2.61. The summed E-state index contributed by atoms with van der Waals surface area (Å²) in [6.07, 6.45) is 0. The number of para-hydroxylation sites is 2. The quantitative estimate of drug-likeness (QED) is 0.746. The van der Waals surface area contributed by atoms with Crippen molar-refractivity contribution in [2.75, 3.05) is 27.4 Å². The fraction of sp³-hybridized carbons (Fsp3) is 0.316. The normalized spacial score (nSPS) is 10.1. The molecule has 0 bridgehead atoms. The highest BCUT2D eigenvalue weighted by molar-refractivity contribution is 5.77. The highest BCUT2D eigenvalue weighted by Gasteiger charge is 2.12. The van der Waals surface area contributed by atoms with Crippen LogP contribution in [0.2, 0.25) is 0 Å². The minimum atomic E-state index is -0.102. The predicted molar refractivity (Wildman–Crippen MR) is 92.6 cm³/mol. The predicted octanol–water partition coefficient (Wildman–Crippen LogP) is 3.13. The number of hydrogen-bond donors (Lipinski definition) is 0. The summed E-state index contributed by atoms with van der Waals surface area (Å²) in [4.78, 5) is 13.9. The largest absolute Gasteiger partial charge is 0.494 e. The van der Waals surface area contributed by atoms with Gasteiger partial charge in [-0.25, -0.2) is 0 Å². The molecule has 2 aromatic carbocycles. The minimum absolute atomic E-state index is 0.0338. The lowest BCUT2D eigenvalue weighted by molar-refractivity contribution is -0.132. The second-order valence-corrected chi connectivity index (χ2v) is 5.27. The summed E-state index contributed by atoms with van der Waals surface area (Å²) in [5.74, 6) is 1.90. The Kier molecular flexibility index (Phi) is 6.49. The van der Waals surface area contributed by atoms with Crippen molar-refractivity contribution in [3.63, 3.8) is 0 Å². The molecule has 5 nitrogen and oxygen atoms in total. The highest BCUT2D eigenvalue weighted by Crippen LogP contribution is 2.25. The van der Waals surface area contributed by atoms with E-state index in [0.717, 1.165) is 11.3 Å². The molecule has 0 spiro atoms. The molecule has 0 fully saturated rings. The van der Waals surface area contributed by atoms with Gasteiger partial charge in [-0.2, -0.15) is 0 Å². The van der Waals surface area contributed by atoms with Crippen LogP contribution in [0.25, 0.3) is 0 Å². The zero-order valence-corrected chi connectivity index (χ0v) is 14.3. The number of nitrogens with zero attached hydrogens (tertiary/aromatic N) is 1. The van der Waals surface area contributed by atoms with E-state index >= 15 is 0 Å². The maximum atomic E-state index is 12.2. The monoisotopic (exact) mass is 329 g/mol. The van der Waals surface area contributed by atoms with Crippen LogP contribution >= 0.6 is 0 Å². The molecule has 0 aliphatic carbocycles. The smallest absolute Gasteiger partial charge is 0.260 e. The first-order chi connectivity index (χ1) is 11.6. The molecule has 128 valence electrons. The molecule has 0 saturated carbocycles. The first-order valence-electron chi connectivity index (χ1n) is 7.85. The Bertz CT molecular complexity index is 655. The lowest BCUT2D eigenvalue weighted by Gasteiger charge is -2.18. The summed E-state index contributed by atoms with van der Waals surface area (Å²) in [6.45, 7) is 3.06. The molecule has 0 atom stereocenters. The number of benzene rings is 2. The third-order valence-corrected chi connectivity index (χ3v) is 3.50. The van der Waals surface area contributed by atoms with Crippen LogP contribution in [0.1, 0.15) is 12.5 Å². The van der Waals surface area contributed by atoms with Crippen LogP contribution in [-0.4, -0.2) is 38.2 Å². The molecule has 24 heavy (non-hydrogen) atoms. The van der Waals surface area contributed by atoms with E-state index in [1.807, 2.05) is 43.3 Å². The highest BCUT2D eigenvalue weighted by atomic mass is 16.5. The van der Waals surface area contributed by atoms with Crippen LogP contribution in [0.3, 0.4) is 0 Å². The Balaban J connectivity index is 1.87. The van der Waals surface area contributed by atoms with Gasteiger partial charge in [0.25, 0.3) is 5.91 Å². The Hall–Kier alpha value is -2.69. The Morgan fingerprint density at radius 2 is 1.67 bits per heavy atom. The molecular weight excluding hydrogens is 306 g/mol. The van der Waals surface area contributed by atoms with Gasteiger partial charge in [0, 0.05) is 13.6 Å². The summed E-state index contributed by atoms with van der Waals surface area (Å²) in [7, 11) is 3.33. The van der Waals surface area contributed by atoms with Gasteiger partial charge in [0.15, 0.2) is 18.1 Å². The third-order valence-electron chi connectivity index (χ3n) is 3.50. The van der Waals surface area contributed by atoms with E-state index in [0.29, 0.717) is 24.7 Å². The lowest BCUT2D eigenvalue weighted by Crippen LogP contribution is -2.31. The van der Waals surface area contributed by atoms with Crippen LogP contribution in [0.5, 0.6) is 17.2 Å². The summed E-state index contributed by atoms with van der Waals surface area (Å²) >= 11 is 0. The van der Waals surface area contributed by atoms with Gasteiger partial charge >= 0.3 is 0 Å². The van der Waals surface area contributed by atoms with Gasteiger partial charge in [0.2, 0.25) is 0 Å². The van der Waals surface area contributed by atoms with Crippen LogP contribution in [-0.2, 0) is 11.3 Å². The van der Waals surface area contributed by atoms with Crippen LogP contribution in [0.4, 0.5) is 0 Å². The fourth-order valence-corrected chi connectivity index (χ4v) is 2.21. The molecular formula is C19H23NO4. The summed E-state index contributed by atoms with van der Waals surface area (Å²) in [5.41, 5.74) is 1.03. The molecule has 2 rings (SSSR count). The molecule has 0 heterocycles. The number of rotatable bonds is 8. The average molecular weight is 329 g/mol. The van der Waals surface area contributed by atoms with E-state index in [1.165, 1.54) is 0 Å². The van der Waals surface area contributed by atoms with Crippen LogP contribution in [0, 0.1) is 0 Å². The van der Waals surface area contributed by atoms with Crippen molar-refractivity contribution in [3.8, 4) is 17.2 Å². The second-order valence-electron chi connectivity index (χ2n) is 5.27. The van der Waals surface area contributed by atoms with Gasteiger partial charge in [-0.05, 0) is 36.8 Å². The number of ether oxygens (including phenoxy) is 3. The van der Waals surface area contributed by atoms with Gasteiger partial charge < -0.3 is 19.1 Å². The molecule has 0 aromatic heterocycles. The fourth-order valence-electron chi connectivity index (χ4n) is 2.21. The number of amides is 1. The molecule has 1 amide bonds. The van der Waals surface area contributed by atoms with E-state index < -0.39 is 0 Å². The topological polar surface area (TPSA) is 48.0 Å². The van der Waals surface area contributed by atoms with E-state index in [4.69, 9.17) is 14.2 Å². The minimum Gasteiger partial charge on any atom is -0.494 e. The van der Waals surface area contributed by atoms with Gasteiger partial charge in [-0.15, -0.1) is 0 Å². The number of carbonyl (C=O) groups is 1. The molecule has 0 saturated heterocycles. The zero-order valence-electron chi connectivity index (χ0n) is 14.3. The van der Waals surface area contributed by atoms with E-state index in [-0.39, 0.29) is 12.5 Å². The molecule has 0 unspecified atom stereocenters. The van der Waals surface area contributed by atoms with Gasteiger partial charge in [-0.1, -0.05) is 24.3 Å². The summed E-state index contributed by atoms with van der Waals surface area (Å²) < 4.78 is 16.2. The van der Waals surface area contributed by atoms with Crippen molar-refractivity contribution in [2.45, 2.75) is 13.5 Å². The molecule has 5 heteroatoms. The molecule has 0 radical (unpaired) electrons. The molecule has 0 N–H and O–H groups in total. The number of methoxy groups -OCH3 is 1. The van der Waals surface area contributed by atoms with Crippen molar-refractivity contribution in [3.05, 3.63) is 54.1 Å². The lowest BCUT2D eigenvalue weighted by atomic mass is 10.2. The van der Waals surface area contributed by atoms with Crippen molar-refractivity contribution in [1.82, 2.24) is 4.90 Å². The molecule has 0 aliphatic rings. The van der Waals surface area contributed by atoms with Gasteiger partial charge in [0.1, 0.15) is 5.75 Å². The first-order valence-corrected chi connectivity index (χ1v) is 7.85. The SMILES string of the molecule is CCOc1ccc(CN(C)C(=O)COc2ccccc2OC)cc1. The third kappa shape index (κ3) is 4.91. The van der Waals surface area contributed by atoms with E-state index in [2.05, 4.69) is 0 Å². The standard InChI is InChI=1S/C19H23NO4/c1-4-23-16-11-9-15(10-12-16)13-20(2)19(21)14-24-18-8-6-5-7-17(18)22-3/h5-12H,4,13-14H2,1-3H3. The summed E-state index contributed by atoms with van der Waals surface area (Å²) in [5, 5.41) is 0. The first kappa shape index (κ1) is 17.7.